The van der Waals surface area contributed by atoms with E-state index < -0.39 is 0 Å². The Morgan fingerprint density at radius 2 is 0.920 bits per heavy atom. The number of para-hydroxylation sites is 2. The molecule has 0 saturated carbocycles. The predicted octanol–water partition coefficient (Wildman–Crippen LogP) is 12.5. The van der Waals surface area contributed by atoms with Crippen molar-refractivity contribution >= 4 is 53.4 Å². The zero-order valence-corrected chi connectivity index (χ0v) is 27.6. The van der Waals surface area contributed by atoms with Crippen molar-refractivity contribution in [1.82, 2.24) is 15.0 Å². The zero-order valence-electron chi connectivity index (χ0n) is 26.7. The minimum atomic E-state index is 0.572. The van der Waals surface area contributed by atoms with Crippen LogP contribution in [0.5, 0.6) is 0 Å². The van der Waals surface area contributed by atoms with Crippen molar-refractivity contribution in [3.63, 3.8) is 0 Å². The Morgan fingerprint density at radius 3 is 1.76 bits per heavy atom. The molecule has 3 aromatic heterocycles. The first-order valence-corrected chi connectivity index (χ1v) is 17.4. The summed E-state index contributed by atoms with van der Waals surface area (Å²) in [5.74, 6) is 1.80. The molecule has 0 bridgehead atoms. The van der Waals surface area contributed by atoms with Crippen molar-refractivity contribution in [3.8, 4) is 56.4 Å². The van der Waals surface area contributed by atoms with Gasteiger partial charge in [0.1, 0.15) is 11.2 Å². The maximum atomic E-state index is 6.44. The Kier molecular flexibility index (Phi) is 6.64. The molecule has 0 aliphatic carbocycles. The fourth-order valence-electron chi connectivity index (χ4n) is 6.87. The topological polar surface area (TPSA) is 51.8 Å². The van der Waals surface area contributed by atoms with E-state index in [-0.39, 0.29) is 0 Å². The van der Waals surface area contributed by atoms with E-state index in [1.807, 2.05) is 36.4 Å². The van der Waals surface area contributed by atoms with Gasteiger partial charge in [-0.15, -0.1) is 11.3 Å². The molecule has 0 N–H and O–H groups in total. The van der Waals surface area contributed by atoms with E-state index in [0.29, 0.717) is 17.5 Å². The first kappa shape index (κ1) is 28.6. The number of nitrogens with zero attached hydrogens (tertiary/aromatic N) is 3. The Balaban J connectivity index is 1.14. The van der Waals surface area contributed by atoms with Gasteiger partial charge >= 0.3 is 0 Å². The lowest BCUT2D eigenvalue weighted by Crippen LogP contribution is -2.00. The first-order chi connectivity index (χ1) is 24.7. The van der Waals surface area contributed by atoms with E-state index in [9.17, 15) is 0 Å². The molecule has 0 fully saturated rings. The van der Waals surface area contributed by atoms with Crippen LogP contribution in [0.4, 0.5) is 0 Å². The molecule has 4 nitrogen and oxygen atoms in total. The normalized spacial score (nSPS) is 11.6. The standard InChI is InChI=1S/C45H27N3OS/c1-2-10-28(11-3-1)29-20-22-30(23-21-29)31-12-8-13-32(26-31)43-46-44(33-24-25-41-38(27-33)35-15-5-7-19-40(35)50-41)48-45(47-43)37-17-9-16-36-34-14-4-6-18-39(34)49-42(36)37/h1-27H. The summed E-state index contributed by atoms with van der Waals surface area (Å²) in [5, 5.41) is 4.54. The van der Waals surface area contributed by atoms with Crippen LogP contribution in [0.1, 0.15) is 0 Å². The minimum Gasteiger partial charge on any atom is -0.455 e. The molecule has 0 spiro atoms. The van der Waals surface area contributed by atoms with Crippen LogP contribution < -0.4 is 0 Å². The van der Waals surface area contributed by atoms with Gasteiger partial charge in [-0.05, 0) is 64.7 Å². The monoisotopic (exact) mass is 657 g/mol. The Hall–Kier alpha value is -6.43. The van der Waals surface area contributed by atoms with Gasteiger partial charge in [0.25, 0.3) is 0 Å². The van der Waals surface area contributed by atoms with Crippen LogP contribution in [0.3, 0.4) is 0 Å². The fourth-order valence-corrected chi connectivity index (χ4v) is 7.95. The summed E-state index contributed by atoms with van der Waals surface area (Å²) in [5.41, 5.74) is 8.90. The fraction of sp³-hybridized carbons (Fsp3) is 0. The van der Waals surface area contributed by atoms with Gasteiger partial charge in [0.2, 0.25) is 0 Å². The number of hydrogen-bond donors (Lipinski definition) is 0. The quantitative estimate of drug-likeness (QED) is 0.185. The van der Waals surface area contributed by atoms with E-state index in [1.54, 1.807) is 11.3 Å². The highest BCUT2D eigenvalue weighted by molar-refractivity contribution is 7.25. The number of thiophene rings is 1. The van der Waals surface area contributed by atoms with E-state index in [2.05, 4.69) is 127 Å². The van der Waals surface area contributed by atoms with E-state index in [0.717, 1.165) is 49.8 Å². The molecular weight excluding hydrogens is 631 g/mol. The summed E-state index contributed by atoms with van der Waals surface area (Å²) in [4.78, 5) is 15.4. The Labute approximate surface area is 292 Å². The Bertz CT molecular complexity index is 2870. The minimum absolute atomic E-state index is 0.572. The molecule has 10 rings (SSSR count). The summed E-state index contributed by atoms with van der Waals surface area (Å²) in [7, 11) is 0. The lowest BCUT2D eigenvalue weighted by molar-refractivity contribution is 0.669. The molecule has 0 aliphatic heterocycles. The van der Waals surface area contributed by atoms with Crippen molar-refractivity contribution < 1.29 is 4.42 Å². The third-order valence-electron chi connectivity index (χ3n) is 9.36. The van der Waals surface area contributed by atoms with E-state index in [4.69, 9.17) is 19.4 Å². The molecule has 234 valence electrons. The summed E-state index contributed by atoms with van der Waals surface area (Å²) in [6.07, 6.45) is 0. The second-order valence-electron chi connectivity index (χ2n) is 12.4. The molecule has 50 heavy (non-hydrogen) atoms. The molecule has 0 saturated heterocycles. The van der Waals surface area contributed by atoms with Crippen molar-refractivity contribution in [3.05, 3.63) is 164 Å². The molecule has 10 aromatic rings. The van der Waals surface area contributed by atoms with Gasteiger partial charge in [0.15, 0.2) is 17.5 Å². The van der Waals surface area contributed by atoms with Crippen LogP contribution in [0.25, 0.3) is 98.5 Å². The van der Waals surface area contributed by atoms with Crippen molar-refractivity contribution in [2.75, 3.05) is 0 Å². The van der Waals surface area contributed by atoms with Crippen molar-refractivity contribution in [2.45, 2.75) is 0 Å². The number of rotatable bonds is 5. The van der Waals surface area contributed by atoms with Crippen molar-refractivity contribution in [1.29, 1.82) is 0 Å². The first-order valence-electron chi connectivity index (χ1n) is 16.6. The van der Waals surface area contributed by atoms with E-state index in [1.165, 1.54) is 31.3 Å². The molecule has 5 heteroatoms. The van der Waals surface area contributed by atoms with Crippen LogP contribution in [-0.4, -0.2) is 15.0 Å². The predicted molar refractivity (Wildman–Crippen MR) is 207 cm³/mol. The summed E-state index contributed by atoms with van der Waals surface area (Å²) < 4.78 is 8.95. The number of benzene rings is 7. The highest BCUT2D eigenvalue weighted by Crippen LogP contribution is 2.38. The lowest BCUT2D eigenvalue weighted by atomic mass is 9.99. The lowest BCUT2D eigenvalue weighted by Gasteiger charge is -2.10. The second kappa shape index (κ2) is 11.6. The SMILES string of the molecule is c1ccc(-c2ccc(-c3cccc(-c4nc(-c5ccc6sc7ccccc7c6c5)nc(-c5cccc6c5oc5ccccc56)n4)c3)cc2)cc1. The smallest absolute Gasteiger partial charge is 0.167 e. The maximum Gasteiger partial charge on any atom is 0.167 e. The molecule has 0 atom stereocenters. The zero-order chi connectivity index (χ0) is 33.0. The molecule has 0 amide bonds. The van der Waals surface area contributed by atoms with Gasteiger partial charge in [0.05, 0.1) is 5.56 Å². The van der Waals surface area contributed by atoms with Crippen LogP contribution in [0.2, 0.25) is 0 Å². The number of fused-ring (bicyclic) bond motifs is 6. The average molecular weight is 658 g/mol. The van der Waals surface area contributed by atoms with Gasteiger partial charge in [-0.25, -0.2) is 15.0 Å². The van der Waals surface area contributed by atoms with Crippen LogP contribution >= 0.6 is 11.3 Å². The second-order valence-corrected chi connectivity index (χ2v) is 13.5. The Morgan fingerprint density at radius 1 is 0.360 bits per heavy atom. The average Bonchev–Trinajstić information content (AvgIpc) is 3.76. The maximum absolute atomic E-state index is 6.44. The number of furan rings is 1. The van der Waals surface area contributed by atoms with Crippen molar-refractivity contribution in [2.24, 2.45) is 0 Å². The molecule has 7 aromatic carbocycles. The molecule has 0 radical (unpaired) electrons. The molecule has 3 heterocycles. The van der Waals surface area contributed by atoms with Gasteiger partial charge in [0, 0.05) is 42.1 Å². The molecule has 0 aliphatic rings. The van der Waals surface area contributed by atoms with Gasteiger partial charge in [-0.1, -0.05) is 121 Å². The van der Waals surface area contributed by atoms with Crippen LogP contribution in [0.15, 0.2) is 168 Å². The third-order valence-corrected chi connectivity index (χ3v) is 10.5. The highest BCUT2D eigenvalue weighted by atomic mass is 32.1. The highest BCUT2D eigenvalue weighted by Gasteiger charge is 2.18. The largest absolute Gasteiger partial charge is 0.455 e. The summed E-state index contributed by atoms with van der Waals surface area (Å²) in [6, 6.07) is 56.9. The third kappa shape index (κ3) is 4.87. The van der Waals surface area contributed by atoms with Gasteiger partial charge < -0.3 is 4.42 Å². The summed E-state index contributed by atoms with van der Waals surface area (Å²) >= 11 is 1.80. The number of hydrogen-bond acceptors (Lipinski definition) is 5. The van der Waals surface area contributed by atoms with E-state index >= 15 is 0 Å². The molecule has 0 unspecified atom stereocenters. The number of aromatic nitrogens is 3. The van der Waals surface area contributed by atoms with Gasteiger partial charge in [-0.3, -0.25) is 0 Å². The van der Waals surface area contributed by atoms with Crippen LogP contribution in [-0.2, 0) is 0 Å². The van der Waals surface area contributed by atoms with Crippen LogP contribution in [0, 0.1) is 0 Å². The summed E-state index contributed by atoms with van der Waals surface area (Å²) in [6.45, 7) is 0. The van der Waals surface area contributed by atoms with Gasteiger partial charge in [-0.2, -0.15) is 0 Å². The molecular formula is C45H27N3OS.